The molecule has 0 saturated heterocycles. The largest absolute Gasteiger partial charge is 0.344 e. The lowest BCUT2D eigenvalue weighted by atomic mass is 9.96. The van der Waals surface area contributed by atoms with Crippen molar-refractivity contribution in [2.24, 2.45) is 9.98 Å². The minimum absolute atomic E-state index is 0.238. The zero-order chi connectivity index (χ0) is 38.7. The first kappa shape index (κ1) is 34.6. The SMILES string of the molecule is c1ccc(C2=NC(c3ccc(-c4ccc5ccc(-c6ccc(-c7nc(-c8ccccc8)nc(-c8ccccc8)n7)cc6)cc5c4)cc3)=NC(c3ccccc3)N2)cc1. The first-order valence-corrected chi connectivity index (χ1v) is 19.4. The molecule has 1 atom stereocenters. The summed E-state index contributed by atoms with van der Waals surface area (Å²) in [5.41, 5.74) is 10.4. The van der Waals surface area contributed by atoms with Gasteiger partial charge in [-0.25, -0.2) is 24.9 Å². The molecule has 6 heteroatoms. The molecule has 0 fully saturated rings. The highest BCUT2D eigenvalue weighted by Gasteiger charge is 2.21. The van der Waals surface area contributed by atoms with Crippen LogP contribution in [0.25, 0.3) is 67.2 Å². The lowest BCUT2D eigenvalue weighted by Gasteiger charge is -2.23. The summed E-state index contributed by atoms with van der Waals surface area (Å²) >= 11 is 0. The fourth-order valence-electron chi connectivity index (χ4n) is 7.29. The molecule has 0 aliphatic carbocycles. The molecule has 0 saturated carbocycles. The van der Waals surface area contributed by atoms with Crippen LogP contribution >= 0.6 is 0 Å². The first-order valence-electron chi connectivity index (χ1n) is 19.4. The van der Waals surface area contributed by atoms with Crippen LogP contribution in [0.2, 0.25) is 0 Å². The van der Waals surface area contributed by atoms with E-state index >= 15 is 0 Å². The van der Waals surface area contributed by atoms with Crippen molar-refractivity contribution in [3.8, 4) is 56.4 Å². The van der Waals surface area contributed by atoms with E-state index in [0.29, 0.717) is 23.3 Å². The lowest BCUT2D eigenvalue weighted by molar-refractivity contribution is 0.674. The summed E-state index contributed by atoms with van der Waals surface area (Å²) in [7, 11) is 0. The van der Waals surface area contributed by atoms with Gasteiger partial charge in [-0.3, -0.25) is 0 Å². The Morgan fingerprint density at radius 3 is 1.22 bits per heavy atom. The van der Waals surface area contributed by atoms with Crippen LogP contribution in [0, 0.1) is 0 Å². The summed E-state index contributed by atoms with van der Waals surface area (Å²) in [6.45, 7) is 0. The average molecular weight is 745 g/mol. The standard InChI is InChI=1S/C52H36N6/c1-5-13-38(14-6-1)47-53-48(39-15-7-2-8-16-39)56-51(55-47)42-27-21-35(22-28-42)44-31-25-37-26-32-45(34-46(37)33-44)36-23-29-43(30-24-36)52-57-49(40-17-9-3-10-18-40)54-50(58-52)41-19-11-4-12-20-41/h1-34,47H,(H,53,55,56). The number of rotatable bonds is 8. The number of aromatic nitrogens is 3. The van der Waals surface area contributed by atoms with Crippen molar-refractivity contribution in [3.63, 3.8) is 0 Å². The third kappa shape index (κ3) is 7.18. The van der Waals surface area contributed by atoms with Crippen molar-refractivity contribution in [2.75, 3.05) is 0 Å². The van der Waals surface area contributed by atoms with Crippen molar-refractivity contribution < 1.29 is 0 Å². The van der Waals surface area contributed by atoms with Gasteiger partial charge in [0.2, 0.25) is 0 Å². The van der Waals surface area contributed by atoms with Gasteiger partial charge in [-0.2, -0.15) is 0 Å². The summed E-state index contributed by atoms with van der Waals surface area (Å²) in [6.07, 6.45) is -0.238. The van der Waals surface area contributed by atoms with E-state index in [1.54, 1.807) is 0 Å². The average Bonchev–Trinajstić information content (AvgIpc) is 3.32. The number of amidine groups is 2. The Balaban J connectivity index is 0.930. The smallest absolute Gasteiger partial charge is 0.164 e. The zero-order valence-corrected chi connectivity index (χ0v) is 31.4. The van der Waals surface area contributed by atoms with Crippen LogP contribution in [0.4, 0.5) is 0 Å². The van der Waals surface area contributed by atoms with E-state index in [4.69, 9.17) is 24.9 Å². The molecule has 58 heavy (non-hydrogen) atoms. The number of fused-ring (bicyclic) bond motifs is 1. The van der Waals surface area contributed by atoms with Crippen LogP contribution in [0.15, 0.2) is 216 Å². The van der Waals surface area contributed by atoms with E-state index in [1.807, 2.05) is 97.1 Å². The maximum Gasteiger partial charge on any atom is 0.164 e. The van der Waals surface area contributed by atoms with E-state index in [0.717, 1.165) is 61.5 Å². The van der Waals surface area contributed by atoms with Crippen molar-refractivity contribution in [1.82, 2.24) is 20.3 Å². The van der Waals surface area contributed by atoms with E-state index in [9.17, 15) is 0 Å². The van der Waals surface area contributed by atoms with Gasteiger partial charge in [-0.05, 0) is 50.7 Å². The maximum absolute atomic E-state index is 5.04. The van der Waals surface area contributed by atoms with Crippen LogP contribution in [0.1, 0.15) is 22.9 Å². The van der Waals surface area contributed by atoms with Crippen molar-refractivity contribution in [1.29, 1.82) is 0 Å². The second-order valence-corrected chi connectivity index (χ2v) is 14.2. The molecule has 1 unspecified atom stereocenters. The van der Waals surface area contributed by atoms with Gasteiger partial charge in [-0.1, -0.05) is 194 Å². The first-order chi connectivity index (χ1) is 28.7. The summed E-state index contributed by atoms with van der Waals surface area (Å²) in [6, 6.07) is 70.9. The second-order valence-electron chi connectivity index (χ2n) is 14.2. The third-order valence-electron chi connectivity index (χ3n) is 10.4. The Morgan fingerprint density at radius 1 is 0.328 bits per heavy atom. The molecule has 1 aromatic heterocycles. The van der Waals surface area contributed by atoms with Gasteiger partial charge < -0.3 is 5.32 Å². The van der Waals surface area contributed by atoms with Crippen LogP contribution in [0.3, 0.4) is 0 Å². The van der Waals surface area contributed by atoms with Crippen molar-refractivity contribution in [2.45, 2.75) is 6.17 Å². The summed E-state index contributed by atoms with van der Waals surface area (Å²) in [5.74, 6) is 3.45. The predicted molar refractivity (Wildman–Crippen MR) is 236 cm³/mol. The molecular formula is C52H36N6. The summed E-state index contributed by atoms with van der Waals surface area (Å²) in [4.78, 5) is 24.7. The molecule has 8 aromatic carbocycles. The van der Waals surface area contributed by atoms with Gasteiger partial charge in [0.15, 0.2) is 23.3 Å². The van der Waals surface area contributed by atoms with Gasteiger partial charge in [0.1, 0.15) is 12.0 Å². The van der Waals surface area contributed by atoms with Gasteiger partial charge in [-0.15, -0.1) is 0 Å². The Labute approximate surface area is 337 Å². The molecule has 9 aromatic rings. The Kier molecular flexibility index (Phi) is 9.18. The Hall–Kier alpha value is -7.83. The molecule has 274 valence electrons. The molecular weight excluding hydrogens is 709 g/mol. The number of nitrogens with one attached hydrogen (secondary N) is 1. The Morgan fingerprint density at radius 2 is 0.724 bits per heavy atom. The topological polar surface area (TPSA) is 75.4 Å². The van der Waals surface area contributed by atoms with Gasteiger partial charge in [0, 0.05) is 27.8 Å². The van der Waals surface area contributed by atoms with Crippen LogP contribution in [0.5, 0.6) is 0 Å². The van der Waals surface area contributed by atoms with Crippen LogP contribution in [-0.2, 0) is 0 Å². The molecule has 1 N–H and O–H groups in total. The Bertz CT molecular complexity index is 2870. The van der Waals surface area contributed by atoms with E-state index < -0.39 is 0 Å². The molecule has 0 amide bonds. The number of nitrogens with zero attached hydrogens (tertiary/aromatic N) is 5. The maximum atomic E-state index is 5.04. The number of aliphatic imine (C=N–C) groups is 2. The third-order valence-corrected chi connectivity index (χ3v) is 10.4. The predicted octanol–water partition coefficient (Wildman–Crippen LogP) is 11.9. The lowest BCUT2D eigenvalue weighted by Crippen LogP contribution is -2.33. The van der Waals surface area contributed by atoms with E-state index in [-0.39, 0.29) is 6.17 Å². The van der Waals surface area contributed by atoms with Gasteiger partial charge >= 0.3 is 0 Å². The molecule has 0 spiro atoms. The molecule has 6 nitrogen and oxygen atoms in total. The normalized spacial score (nSPS) is 13.7. The fourth-order valence-corrected chi connectivity index (χ4v) is 7.29. The number of benzene rings is 8. The van der Waals surface area contributed by atoms with Crippen LogP contribution in [-0.4, -0.2) is 26.6 Å². The molecule has 1 aliphatic rings. The summed E-state index contributed by atoms with van der Waals surface area (Å²) < 4.78 is 0. The van der Waals surface area contributed by atoms with Gasteiger partial charge in [0.05, 0.1) is 0 Å². The molecule has 0 radical (unpaired) electrons. The van der Waals surface area contributed by atoms with Crippen molar-refractivity contribution >= 4 is 22.4 Å². The second kappa shape index (κ2) is 15.4. The summed E-state index contributed by atoms with van der Waals surface area (Å²) in [5, 5.41) is 5.90. The van der Waals surface area contributed by atoms with E-state index in [1.165, 1.54) is 10.8 Å². The molecule has 0 bridgehead atoms. The monoisotopic (exact) mass is 744 g/mol. The number of hydrogen-bond donors (Lipinski definition) is 1. The zero-order valence-electron chi connectivity index (χ0n) is 31.4. The highest BCUT2D eigenvalue weighted by Crippen LogP contribution is 2.32. The van der Waals surface area contributed by atoms with Crippen LogP contribution < -0.4 is 5.32 Å². The highest BCUT2D eigenvalue weighted by atomic mass is 15.2. The highest BCUT2D eigenvalue weighted by molar-refractivity contribution is 6.13. The minimum atomic E-state index is -0.238. The quantitative estimate of drug-likeness (QED) is 0.168. The van der Waals surface area contributed by atoms with Crippen molar-refractivity contribution in [3.05, 3.63) is 223 Å². The van der Waals surface area contributed by atoms with E-state index in [2.05, 4.69) is 115 Å². The van der Waals surface area contributed by atoms with Gasteiger partial charge in [0.25, 0.3) is 0 Å². The minimum Gasteiger partial charge on any atom is -0.344 e. The number of hydrogen-bond acceptors (Lipinski definition) is 6. The molecule has 2 heterocycles. The fraction of sp³-hybridized carbons (Fsp3) is 0.0192. The molecule has 1 aliphatic heterocycles. The molecule has 10 rings (SSSR count).